The molecule has 4 heterocycles. The van der Waals surface area contributed by atoms with Gasteiger partial charge in [0, 0.05) is 41.8 Å². The Morgan fingerprint density at radius 3 is 3.13 bits per heavy atom. The number of amides is 1. The molecule has 2 aromatic heterocycles. The molecule has 2 N–H and O–H groups in total. The highest BCUT2D eigenvalue weighted by Gasteiger charge is 2.35. The van der Waals surface area contributed by atoms with Gasteiger partial charge in [0.05, 0.1) is 37.7 Å². The normalized spacial score (nSPS) is 18.4. The van der Waals surface area contributed by atoms with E-state index in [-0.39, 0.29) is 24.5 Å². The summed E-state index contributed by atoms with van der Waals surface area (Å²) in [7, 11) is 0. The Balaban J connectivity index is 1.55. The number of hydrogen-bond donors (Lipinski definition) is 2. The van der Waals surface area contributed by atoms with Crippen LogP contribution in [-0.2, 0) is 9.53 Å². The van der Waals surface area contributed by atoms with E-state index >= 15 is 0 Å². The van der Waals surface area contributed by atoms with Crippen molar-refractivity contribution < 1.29 is 9.53 Å². The van der Waals surface area contributed by atoms with E-state index in [1.165, 1.54) is 0 Å². The molecule has 30 heavy (non-hydrogen) atoms. The Hall–Kier alpha value is -3.13. The third-order valence-electron chi connectivity index (χ3n) is 5.64. The predicted molar refractivity (Wildman–Crippen MR) is 117 cm³/mol. The molecule has 8 heteroatoms. The number of ether oxygens (including phenoxy) is 1. The van der Waals surface area contributed by atoms with Gasteiger partial charge >= 0.3 is 0 Å². The van der Waals surface area contributed by atoms with Crippen molar-refractivity contribution in [1.29, 1.82) is 0 Å². The van der Waals surface area contributed by atoms with Crippen molar-refractivity contribution in [2.24, 2.45) is 0 Å². The molecule has 0 saturated carbocycles. The summed E-state index contributed by atoms with van der Waals surface area (Å²) < 4.78 is 5.72. The van der Waals surface area contributed by atoms with Crippen LogP contribution in [-0.4, -0.2) is 65.8 Å². The smallest absolute Gasteiger partial charge is 0.239 e. The van der Waals surface area contributed by atoms with E-state index in [1.807, 2.05) is 50.5 Å². The standard InChI is InChI=1S/C22H26N6O2/c1-14(2)25-20(29)12-27-11-15-13-30-9-8-28(15)22-19(27)10-24-21(26-22)17-4-3-5-18-16(17)6-7-23-18/h3-7,10,14-15,23H,8-9,11-13H2,1-2H3,(H,25,29). The summed E-state index contributed by atoms with van der Waals surface area (Å²) in [5.74, 6) is 1.57. The average Bonchev–Trinajstić information content (AvgIpc) is 3.22. The SMILES string of the molecule is CC(C)NC(=O)CN1CC2COCCN2c2nc(-c3cccc4[nH]ccc34)ncc21. The summed E-state index contributed by atoms with van der Waals surface area (Å²) in [5.41, 5.74) is 2.96. The molecule has 2 aliphatic rings. The van der Waals surface area contributed by atoms with Gasteiger partial charge in [0.25, 0.3) is 0 Å². The molecule has 0 aliphatic carbocycles. The van der Waals surface area contributed by atoms with Crippen molar-refractivity contribution >= 4 is 28.3 Å². The summed E-state index contributed by atoms with van der Waals surface area (Å²) in [4.78, 5) is 29.8. The van der Waals surface area contributed by atoms with E-state index < -0.39 is 0 Å². The number of morpholine rings is 1. The number of aromatic amines is 1. The topological polar surface area (TPSA) is 86.4 Å². The molecule has 0 spiro atoms. The number of H-pyrrole nitrogens is 1. The number of benzene rings is 1. The third kappa shape index (κ3) is 3.37. The van der Waals surface area contributed by atoms with Crippen LogP contribution in [0.3, 0.4) is 0 Å². The van der Waals surface area contributed by atoms with Crippen LogP contribution in [0.4, 0.5) is 11.5 Å². The van der Waals surface area contributed by atoms with E-state index in [2.05, 4.69) is 20.1 Å². The summed E-state index contributed by atoms with van der Waals surface area (Å²) in [6, 6.07) is 8.43. The molecule has 5 rings (SSSR count). The molecule has 2 aliphatic heterocycles. The fraction of sp³-hybridized carbons (Fsp3) is 0.409. The largest absolute Gasteiger partial charge is 0.377 e. The number of aromatic nitrogens is 3. The summed E-state index contributed by atoms with van der Waals surface area (Å²) >= 11 is 0. The molecule has 0 bridgehead atoms. The number of carbonyl (C=O) groups excluding carboxylic acids is 1. The first kappa shape index (κ1) is 18.9. The van der Waals surface area contributed by atoms with Gasteiger partial charge in [0.1, 0.15) is 0 Å². The van der Waals surface area contributed by atoms with Crippen molar-refractivity contribution in [2.75, 3.05) is 42.6 Å². The molecular weight excluding hydrogens is 380 g/mol. The van der Waals surface area contributed by atoms with Gasteiger partial charge in [-0.05, 0) is 26.0 Å². The van der Waals surface area contributed by atoms with Gasteiger partial charge in [-0.2, -0.15) is 0 Å². The minimum atomic E-state index is 0.00212. The van der Waals surface area contributed by atoms with E-state index in [0.29, 0.717) is 25.6 Å². The minimum absolute atomic E-state index is 0.00212. The second-order valence-electron chi connectivity index (χ2n) is 8.17. The predicted octanol–water partition coefficient (Wildman–Crippen LogP) is 2.17. The number of hydrogen-bond acceptors (Lipinski definition) is 6. The third-order valence-corrected chi connectivity index (χ3v) is 5.64. The first-order valence-corrected chi connectivity index (χ1v) is 10.4. The van der Waals surface area contributed by atoms with Crippen LogP contribution in [0.15, 0.2) is 36.7 Å². The summed E-state index contributed by atoms with van der Waals surface area (Å²) in [6.07, 6.45) is 3.79. The number of rotatable bonds is 4. The Bertz CT molecular complexity index is 1080. The van der Waals surface area contributed by atoms with Gasteiger partial charge < -0.3 is 24.8 Å². The lowest BCUT2D eigenvalue weighted by atomic mass is 10.1. The van der Waals surface area contributed by atoms with E-state index in [0.717, 1.165) is 34.5 Å². The Kier molecular flexibility index (Phi) is 4.78. The highest BCUT2D eigenvalue weighted by molar-refractivity contribution is 5.94. The van der Waals surface area contributed by atoms with Crippen LogP contribution in [0.25, 0.3) is 22.3 Å². The lowest BCUT2D eigenvalue weighted by Gasteiger charge is -2.45. The monoisotopic (exact) mass is 406 g/mol. The van der Waals surface area contributed by atoms with Gasteiger partial charge in [0.2, 0.25) is 5.91 Å². The van der Waals surface area contributed by atoms with Crippen molar-refractivity contribution in [3.63, 3.8) is 0 Å². The zero-order chi connectivity index (χ0) is 20.7. The van der Waals surface area contributed by atoms with Crippen molar-refractivity contribution in [3.8, 4) is 11.4 Å². The molecule has 1 atom stereocenters. The Morgan fingerprint density at radius 1 is 1.37 bits per heavy atom. The van der Waals surface area contributed by atoms with Gasteiger partial charge in [-0.1, -0.05) is 12.1 Å². The Labute approximate surface area is 175 Å². The fourth-order valence-corrected chi connectivity index (χ4v) is 4.34. The highest BCUT2D eigenvalue weighted by Crippen LogP contribution is 2.36. The molecule has 1 amide bonds. The number of nitrogens with one attached hydrogen (secondary N) is 2. The zero-order valence-electron chi connectivity index (χ0n) is 17.3. The zero-order valence-corrected chi connectivity index (χ0v) is 17.3. The van der Waals surface area contributed by atoms with Gasteiger partial charge in [0.15, 0.2) is 11.6 Å². The fourth-order valence-electron chi connectivity index (χ4n) is 4.34. The van der Waals surface area contributed by atoms with E-state index in [4.69, 9.17) is 14.7 Å². The number of anilines is 2. The first-order valence-electron chi connectivity index (χ1n) is 10.4. The maximum absolute atomic E-state index is 12.5. The maximum atomic E-state index is 12.5. The molecule has 1 unspecified atom stereocenters. The van der Waals surface area contributed by atoms with Gasteiger partial charge in [-0.15, -0.1) is 0 Å². The van der Waals surface area contributed by atoms with Crippen LogP contribution < -0.4 is 15.1 Å². The second kappa shape index (κ2) is 7.60. The lowest BCUT2D eigenvalue weighted by molar-refractivity contribution is -0.120. The molecule has 1 fully saturated rings. The molecule has 1 aromatic carbocycles. The van der Waals surface area contributed by atoms with Crippen LogP contribution in [0, 0.1) is 0 Å². The number of fused-ring (bicyclic) bond motifs is 4. The van der Waals surface area contributed by atoms with Crippen LogP contribution in [0.1, 0.15) is 13.8 Å². The number of carbonyl (C=O) groups is 1. The van der Waals surface area contributed by atoms with Crippen LogP contribution in [0.5, 0.6) is 0 Å². The average molecular weight is 406 g/mol. The highest BCUT2D eigenvalue weighted by atomic mass is 16.5. The molecular formula is C22H26N6O2. The summed E-state index contributed by atoms with van der Waals surface area (Å²) in [5, 5.41) is 4.07. The van der Waals surface area contributed by atoms with E-state index in [1.54, 1.807) is 0 Å². The van der Waals surface area contributed by atoms with E-state index in [9.17, 15) is 4.79 Å². The quantitative estimate of drug-likeness (QED) is 0.691. The second-order valence-corrected chi connectivity index (χ2v) is 8.17. The minimum Gasteiger partial charge on any atom is -0.377 e. The van der Waals surface area contributed by atoms with Crippen LogP contribution >= 0.6 is 0 Å². The maximum Gasteiger partial charge on any atom is 0.239 e. The summed E-state index contributed by atoms with van der Waals surface area (Å²) in [6.45, 7) is 7.03. The molecule has 8 nitrogen and oxygen atoms in total. The Morgan fingerprint density at radius 2 is 2.27 bits per heavy atom. The lowest BCUT2D eigenvalue weighted by Crippen LogP contribution is -2.57. The molecule has 3 aromatic rings. The molecule has 0 radical (unpaired) electrons. The molecule has 156 valence electrons. The van der Waals surface area contributed by atoms with Crippen molar-refractivity contribution in [2.45, 2.75) is 25.9 Å². The van der Waals surface area contributed by atoms with Gasteiger partial charge in [-0.25, -0.2) is 9.97 Å². The molecule has 1 saturated heterocycles. The van der Waals surface area contributed by atoms with Crippen LogP contribution in [0.2, 0.25) is 0 Å². The van der Waals surface area contributed by atoms with Gasteiger partial charge in [-0.3, -0.25) is 4.79 Å². The van der Waals surface area contributed by atoms with Crippen molar-refractivity contribution in [1.82, 2.24) is 20.3 Å². The first-order chi connectivity index (χ1) is 14.6. The van der Waals surface area contributed by atoms with Crippen molar-refractivity contribution in [3.05, 3.63) is 36.7 Å². The number of nitrogens with zero attached hydrogens (tertiary/aromatic N) is 4.